The van der Waals surface area contributed by atoms with Crippen molar-refractivity contribution in [1.82, 2.24) is 15.1 Å². The Labute approximate surface area is 163 Å². The highest BCUT2D eigenvalue weighted by atomic mass is 16.5. The minimum absolute atomic E-state index is 0.311. The highest BCUT2D eigenvalue weighted by Gasteiger charge is 2.33. The zero-order chi connectivity index (χ0) is 18.5. The highest BCUT2D eigenvalue weighted by Crippen LogP contribution is 2.34. The minimum Gasteiger partial charge on any atom is -0.490 e. The van der Waals surface area contributed by atoms with E-state index in [0.29, 0.717) is 6.10 Å². The van der Waals surface area contributed by atoms with Crippen molar-refractivity contribution in [3.05, 3.63) is 30.3 Å². The van der Waals surface area contributed by atoms with Gasteiger partial charge in [0, 0.05) is 58.7 Å². The third-order valence-corrected chi connectivity index (χ3v) is 5.93. The predicted octanol–water partition coefficient (Wildman–Crippen LogP) is 2.98. The summed E-state index contributed by atoms with van der Waals surface area (Å²) in [7, 11) is 1.90. The molecule has 1 N–H and O–H groups in total. The van der Waals surface area contributed by atoms with Crippen LogP contribution < -0.4 is 10.1 Å². The smallest absolute Gasteiger partial charge is 0.193 e. The Bertz CT molecular complexity index is 604. The second kappa shape index (κ2) is 8.96. The zero-order valence-electron chi connectivity index (χ0n) is 16.6. The summed E-state index contributed by atoms with van der Waals surface area (Å²) < 4.78 is 6.11. The maximum Gasteiger partial charge on any atom is 0.193 e. The topological polar surface area (TPSA) is 40.1 Å². The molecule has 0 aromatic heterocycles. The lowest BCUT2D eigenvalue weighted by Crippen LogP contribution is -2.49. The van der Waals surface area contributed by atoms with Gasteiger partial charge in [-0.3, -0.25) is 9.89 Å². The van der Waals surface area contributed by atoms with Crippen LogP contribution in [0.1, 0.15) is 38.5 Å². The highest BCUT2D eigenvalue weighted by molar-refractivity contribution is 5.79. The van der Waals surface area contributed by atoms with Gasteiger partial charge in [-0.2, -0.15) is 0 Å². The Hall–Kier alpha value is -1.75. The van der Waals surface area contributed by atoms with Crippen LogP contribution in [0.15, 0.2) is 35.3 Å². The van der Waals surface area contributed by atoms with Crippen molar-refractivity contribution in [3.8, 4) is 5.75 Å². The average molecular weight is 371 g/mol. The van der Waals surface area contributed by atoms with Crippen LogP contribution in [0.2, 0.25) is 0 Å². The molecule has 5 nitrogen and oxygen atoms in total. The van der Waals surface area contributed by atoms with Crippen molar-refractivity contribution in [2.75, 3.05) is 39.8 Å². The summed E-state index contributed by atoms with van der Waals surface area (Å²) in [5, 5.41) is 3.60. The molecule has 0 radical (unpaired) electrons. The molecule has 3 aliphatic rings. The van der Waals surface area contributed by atoms with E-state index < -0.39 is 0 Å². The first-order valence-electron chi connectivity index (χ1n) is 10.7. The lowest BCUT2D eigenvalue weighted by atomic mass is 10.1. The summed E-state index contributed by atoms with van der Waals surface area (Å²) in [6.45, 7) is 5.47. The van der Waals surface area contributed by atoms with Gasteiger partial charge in [0.25, 0.3) is 0 Å². The number of guanidine groups is 1. The number of rotatable bonds is 8. The molecular weight excluding hydrogens is 336 g/mol. The van der Waals surface area contributed by atoms with E-state index >= 15 is 0 Å². The maximum absolute atomic E-state index is 6.11. The van der Waals surface area contributed by atoms with Crippen molar-refractivity contribution in [1.29, 1.82) is 0 Å². The van der Waals surface area contributed by atoms with Crippen LogP contribution in [0.4, 0.5) is 0 Å². The Balaban J connectivity index is 1.18. The van der Waals surface area contributed by atoms with Crippen LogP contribution in [0, 0.1) is 5.92 Å². The van der Waals surface area contributed by atoms with E-state index in [4.69, 9.17) is 4.74 Å². The molecule has 1 saturated heterocycles. The number of nitrogens with zero attached hydrogens (tertiary/aromatic N) is 3. The fourth-order valence-corrected chi connectivity index (χ4v) is 4.02. The van der Waals surface area contributed by atoms with Gasteiger partial charge in [-0.1, -0.05) is 18.2 Å². The first-order chi connectivity index (χ1) is 13.3. The summed E-state index contributed by atoms with van der Waals surface area (Å²) in [6, 6.07) is 11.0. The van der Waals surface area contributed by atoms with Crippen LogP contribution in [0.5, 0.6) is 5.75 Å². The van der Waals surface area contributed by atoms with Gasteiger partial charge in [0.15, 0.2) is 5.96 Å². The lowest BCUT2D eigenvalue weighted by Gasteiger charge is -2.34. The summed E-state index contributed by atoms with van der Waals surface area (Å²) in [4.78, 5) is 9.61. The number of piperidine rings is 1. The molecule has 1 aromatic rings. The molecule has 0 spiro atoms. The van der Waals surface area contributed by atoms with Crippen LogP contribution in [0.25, 0.3) is 0 Å². The Morgan fingerprint density at radius 2 is 1.85 bits per heavy atom. The van der Waals surface area contributed by atoms with Crippen LogP contribution in [0.3, 0.4) is 0 Å². The SMILES string of the molecule is CN=C(NCCN(CC1CC1)C1CC1)N1CCC(Oc2ccccc2)CC1. The number of aliphatic imine (C=N–C) groups is 1. The van der Waals surface area contributed by atoms with E-state index in [9.17, 15) is 0 Å². The molecule has 0 bridgehead atoms. The van der Waals surface area contributed by atoms with Gasteiger partial charge in [0.2, 0.25) is 0 Å². The van der Waals surface area contributed by atoms with Gasteiger partial charge in [0.1, 0.15) is 11.9 Å². The number of para-hydroxylation sites is 1. The molecular formula is C22H34N4O. The number of ether oxygens (including phenoxy) is 1. The summed E-state index contributed by atoms with van der Waals surface area (Å²) in [6.07, 6.45) is 8.09. The number of benzene rings is 1. The third-order valence-electron chi connectivity index (χ3n) is 5.93. The molecule has 0 amide bonds. The van der Waals surface area contributed by atoms with Crippen molar-refractivity contribution >= 4 is 5.96 Å². The Morgan fingerprint density at radius 1 is 1.11 bits per heavy atom. The van der Waals surface area contributed by atoms with E-state index in [1.165, 1.54) is 32.2 Å². The Kier molecular flexibility index (Phi) is 6.17. The monoisotopic (exact) mass is 370 g/mol. The number of hydrogen-bond acceptors (Lipinski definition) is 3. The van der Waals surface area contributed by atoms with Crippen LogP contribution in [-0.4, -0.2) is 67.7 Å². The molecule has 1 aliphatic heterocycles. The maximum atomic E-state index is 6.11. The average Bonchev–Trinajstić information content (AvgIpc) is 3.60. The van der Waals surface area contributed by atoms with E-state index in [2.05, 4.69) is 20.1 Å². The standard InChI is InChI=1S/C22H34N4O/c1-23-22(24-13-16-26(19-9-10-19)17-18-7-8-18)25-14-11-21(12-15-25)27-20-5-3-2-4-6-20/h2-6,18-19,21H,7-17H2,1H3,(H,23,24). The van der Waals surface area contributed by atoms with Crippen LogP contribution >= 0.6 is 0 Å². The molecule has 3 fully saturated rings. The van der Waals surface area contributed by atoms with Gasteiger partial charge >= 0.3 is 0 Å². The van der Waals surface area contributed by atoms with Gasteiger partial charge in [-0.25, -0.2) is 0 Å². The number of likely N-dealkylation sites (tertiary alicyclic amines) is 1. The van der Waals surface area contributed by atoms with Crippen LogP contribution in [-0.2, 0) is 0 Å². The zero-order valence-corrected chi connectivity index (χ0v) is 16.6. The second-order valence-corrected chi connectivity index (χ2v) is 8.26. The summed E-state index contributed by atoms with van der Waals surface area (Å²) in [5.41, 5.74) is 0. The molecule has 148 valence electrons. The van der Waals surface area contributed by atoms with Gasteiger partial charge in [0.05, 0.1) is 0 Å². The summed E-state index contributed by atoms with van der Waals surface area (Å²) >= 11 is 0. The largest absolute Gasteiger partial charge is 0.490 e. The molecule has 1 aromatic carbocycles. The normalized spacial score (nSPS) is 21.6. The molecule has 2 saturated carbocycles. The first kappa shape index (κ1) is 18.6. The fourth-order valence-electron chi connectivity index (χ4n) is 4.02. The molecule has 1 heterocycles. The van der Waals surface area contributed by atoms with E-state index in [0.717, 1.165) is 62.7 Å². The molecule has 27 heavy (non-hydrogen) atoms. The van der Waals surface area contributed by atoms with Crippen molar-refractivity contribution in [3.63, 3.8) is 0 Å². The van der Waals surface area contributed by atoms with E-state index in [1.807, 2.05) is 37.4 Å². The lowest BCUT2D eigenvalue weighted by molar-refractivity contribution is 0.129. The quantitative estimate of drug-likeness (QED) is 0.564. The molecule has 4 rings (SSSR count). The molecule has 0 atom stereocenters. The first-order valence-corrected chi connectivity index (χ1v) is 10.7. The van der Waals surface area contributed by atoms with Gasteiger partial charge < -0.3 is 15.0 Å². The number of nitrogens with one attached hydrogen (secondary N) is 1. The van der Waals surface area contributed by atoms with Gasteiger partial charge in [-0.05, 0) is 43.7 Å². The van der Waals surface area contributed by atoms with Crippen molar-refractivity contribution in [2.24, 2.45) is 10.9 Å². The predicted molar refractivity (Wildman–Crippen MR) is 110 cm³/mol. The summed E-state index contributed by atoms with van der Waals surface area (Å²) in [5.74, 6) is 3.01. The fraction of sp³-hybridized carbons (Fsp3) is 0.682. The second-order valence-electron chi connectivity index (χ2n) is 8.26. The molecule has 5 heteroatoms. The Morgan fingerprint density at radius 3 is 2.48 bits per heavy atom. The number of hydrogen-bond donors (Lipinski definition) is 1. The van der Waals surface area contributed by atoms with E-state index in [-0.39, 0.29) is 0 Å². The van der Waals surface area contributed by atoms with Crippen molar-refractivity contribution in [2.45, 2.75) is 50.7 Å². The minimum atomic E-state index is 0.311. The third kappa shape index (κ3) is 5.61. The molecule has 2 aliphatic carbocycles. The van der Waals surface area contributed by atoms with Gasteiger partial charge in [-0.15, -0.1) is 0 Å². The van der Waals surface area contributed by atoms with Crippen molar-refractivity contribution < 1.29 is 4.74 Å². The van der Waals surface area contributed by atoms with E-state index in [1.54, 1.807) is 0 Å². The molecule has 0 unspecified atom stereocenters.